The van der Waals surface area contributed by atoms with Crippen molar-refractivity contribution >= 4 is 0 Å². The summed E-state index contributed by atoms with van der Waals surface area (Å²) in [6.45, 7) is 3.41. The van der Waals surface area contributed by atoms with Crippen LogP contribution in [-0.4, -0.2) is 25.5 Å². The minimum absolute atomic E-state index is 0.201. The maximum Gasteiger partial charge on any atom is 0.123 e. The summed E-state index contributed by atoms with van der Waals surface area (Å²) >= 11 is 0. The average molecular weight is 276 g/mol. The zero-order chi connectivity index (χ0) is 14.5. The van der Waals surface area contributed by atoms with Crippen molar-refractivity contribution in [2.75, 3.05) is 20.6 Å². The van der Waals surface area contributed by atoms with Crippen molar-refractivity contribution in [3.05, 3.63) is 59.3 Å². The second kappa shape index (κ2) is 6.68. The van der Waals surface area contributed by atoms with Gasteiger partial charge in [0.1, 0.15) is 17.3 Å². The van der Waals surface area contributed by atoms with Gasteiger partial charge in [-0.1, -0.05) is 12.1 Å². The minimum Gasteiger partial charge on any atom is -0.465 e. The Hall–Kier alpha value is -1.65. The SMILES string of the molecule is Cc1ccc(CNCC(c2ccc(F)cc2)N(C)C)o1. The van der Waals surface area contributed by atoms with Crippen LogP contribution in [0.4, 0.5) is 4.39 Å². The molecule has 0 aliphatic carbocycles. The van der Waals surface area contributed by atoms with Crippen molar-refractivity contribution in [2.45, 2.75) is 19.5 Å². The molecule has 2 aromatic rings. The van der Waals surface area contributed by atoms with E-state index >= 15 is 0 Å². The maximum absolute atomic E-state index is 13.0. The molecule has 0 saturated carbocycles. The van der Waals surface area contributed by atoms with Gasteiger partial charge >= 0.3 is 0 Å². The van der Waals surface area contributed by atoms with Gasteiger partial charge in [0.2, 0.25) is 0 Å². The van der Waals surface area contributed by atoms with Gasteiger partial charge in [-0.15, -0.1) is 0 Å². The third kappa shape index (κ3) is 3.92. The molecule has 0 bridgehead atoms. The molecule has 20 heavy (non-hydrogen) atoms. The molecule has 1 heterocycles. The summed E-state index contributed by atoms with van der Waals surface area (Å²) < 4.78 is 18.5. The molecule has 0 radical (unpaired) electrons. The first-order chi connectivity index (χ1) is 9.56. The Morgan fingerprint density at radius 3 is 2.40 bits per heavy atom. The lowest BCUT2D eigenvalue weighted by Crippen LogP contribution is -2.30. The number of aryl methyl sites for hydroxylation is 1. The van der Waals surface area contributed by atoms with Crippen LogP contribution in [0.5, 0.6) is 0 Å². The van der Waals surface area contributed by atoms with E-state index in [0.717, 1.165) is 23.6 Å². The molecule has 0 saturated heterocycles. The van der Waals surface area contributed by atoms with Crippen LogP contribution in [-0.2, 0) is 6.54 Å². The molecule has 0 aliphatic rings. The van der Waals surface area contributed by atoms with Gasteiger partial charge in [-0.05, 0) is 50.8 Å². The van der Waals surface area contributed by atoms with E-state index in [-0.39, 0.29) is 11.9 Å². The number of benzene rings is 1. The van der Waals surface area contributed by atoms with Crippen LogP contribution in [0.25, 0.3) is 0 Å². The molecule has 1 unspecified atom stereocenters. The highest BCUT2D eigenvalue weighted by molar-refractivity contribution is 5.20. The van der Waals surface area contributed by atoms with Crippen LogP contribution in [0.15, 0.2) is 40.8 Å². The van der Waals surface area contributed by atoms with Gasteiger partial charge < -0.3 is 14.6 Å². The lowest BCUT2D eigenvalue weighted by molar-refractivity contribution is 0.285. The predicted molar refractivity (Wildman–Crippen MR) is 78.0 cm³/mol. The first-order valence-corrected chi connectivity index (χ1v) is 6.74. The van der Waals surface area contributed by atoms with Gasteiger partial charge in [0.05, 0.1) is 6.54 Å². The van der Waals surface area contributed by atoms with Gasteiger partial charge in [0.25, 0.3) is 0 Å². The molecular weight excluding hydrogens is 255 g/mol. The molecule has 1 atom stereocenters. The van der Waals surface area contributed by atoms with E-state index in [1.807, 2.05) is 45.3 Å². The van der Waals surface area contributed by atoms with E-state index in [0.29, 0.717) is 6.54 Å². The summed E-state index contributed by atoms with van der Waals surface area (Å²) in [5, 5.41) is 3.38. The van der Waals surface area contributed by atoms with Crippen LogP contribution in [0.3, 0.4) is 0 Å². The summed E-state index contributed by atoms with van der Waals surface area (Å²) in [5.74, 6) is 1.65. The van der Waals surface area contributed by atoms with E-state index in [2.05, 4.69) is 10.2 Å². The predicted octanol–water partition coefficient (Wildman–Crippen LogP) is 3.12. The smallest absolute Gasteiger partial charge is 0.123 e. The first kappa shape index (κ1) is 14.8. The Balaban J connectivity index is 1.94. The molecule has 4 heteroatoms. The number of hydrogen-bond acceptors (Lipinski definition) is 3. The second-order valence-corrected chi connectivity index (χ2v) is 5.17. The Bertz CT molecular complexity index is 534. The molecule has 108 valence electrons. The summed E-state index contributed by atoms with van der Waals surface area (Å²) in [6, 6.07) is 10.8. The minimum atomic E-state index is -0.203. The highest BCUT2D eigenvalue weighted by atomic mass is 19.1. The quantitative estimate of drug-likeness (QED) is 0.878. The number of rotatable bonds is 6. The van der Waals surface area contributed by atoms with E-state index in [9.17, 15) is 4.39 Å². The van der Waals surface area contributed by atoms with E-state index in [1.165, 1.54) is 12.1 Å². The Morgan fingerprint density at radius 2 is 1.85 bits per heavy atom. The second-order valence-electron chi connectivity index (χ2n) is 5.17. The largest absolute Gasteiger partial charge is 0.465 e. The zero-order valence-corrected chi connectivity index (χ0v) is 12.2. The zero-order valence-electron chi connectivity index (χ0n) is 12.2. The Labute approximate surface area is 119 Å². The van der Waals surface area contributed by atoms with Crippen LogP contribution < -0.4 is 5.32 Å². The van der Waals surface area contributed by atoms with Crippen molar-refractivity contribution in [1.82, 2.24) is 10.2 Å². The molecule has 0 amide bonds. The molecule has 0 fully saturated rings. The standard InChI is InChI=1S/C16H21FN2O/c1-12-4-9-15(20-12)10-18-11-16(19(2)3)13-5-7-14(17)8-6-13/h4-9,16,18H,10-11H2,1-3H3. The monoisotopic (exact) mass is 276 g/mol. The van der Waals surface area contributed by atoms with Crippen LogP contribution in [0.2, 0.25) is 0 Å². The fourth-order valence-corrected chi connectivity index (χ4v) is 2.20. The number of likely N-dealkylation sites (N-methyl/N-ethyl adjacent to an activating group) is 1. The van der Waals surface area contributed by atoms with Gasteiger partial charge in [-0.25, -0.2) is 4.39 Å². The number of nitrogens with zero attached hydrogens (tertiary/aromatic N) is 1. The topological polar surface area (TPSA) is 28.4 Å². The van der Waals surface area contributed by atoms with Gasteiger partial charge in [-0.2, -0.15) is 0 Å². The number of halogens is 1. The first-order valence-electron chi connectivity index (χ1n) is 6.74. The number of furan rings is 1. The number of hydrogen-bond donors (Lipinski definition) is 1. The fourth-order valence-electron chi connectivity index (χ4n) is 2.20. The molecule has 1 N–H and O–H groups in total. The third-order valence-electron chi connectivity index (χ3n) is 3.31. The Morgan fingerprint density at radius 1 is 1.15 bits per heavy atom. The summed E-state index contributed by atoms with van der Waals surface area (Å²) in [5.41, 5.74) is 1.10. The molecular formula is C16H21FN2O. The summed E-state index contributed by atoms with van der Waals surface area (Å²) in [4.78, 5) is 2.12. The lowest BCUT2D eigenvalue weighted by atomic mass is 10.1. The van der Waals surface area contributed by atoms with Crippen LogP contribution >= 0.6 is 0 Å². The van der Waals surface area contributed by atoms with Gasteiger partial charge in [0, 0.05) is 12.6 Å². The molecule has 2 rings (SSSR count). The molecule has 1 aromatic carbocycles. The van der Waals surface area contributed by atoms with Crippen molar-refractivity contribution in [3.8, 4) is 0 Å². The highest BCUT2D eigenvalue weighted by Crippen LogP contribution is 2.18. The summed E-state index contributed by atoms with van der Waals surface area (Å²) in [6.07, 6.45) is 0. The van der Waals surface area contributed by atoms with Crippen LogP contribution in [0.1, 0.15) is 23.1 Å². The maximum atomic E-state index is 13.0. The molecule has 1 aromatic heterocycles. The highest BCUT2D eigenvalue weighted by Gasteiger charge is 2.13. The van der Waals surface area contributed by atoms with Gasteiger partial charge in [0.15, 0.2) is 0 Å². The molecule has 0 spiro atoms. The molecule has 3 nitrogen and oxygen atoms in total. The fraction of sp³-hybridized carbons (Fsp3) is 0.375. The summed E-state index contributed by atoms with van der Waals surface area (Å²) in [7, 11) is 4.04. The van der Waals surface area contributed by atoms with Gasteiger partial charge in [-0.3, -0.25) is 0 Å². The van der Waals surface area contributed by atoms with Crippen molar-refractivity contribution in [3.63, 3.8) is 0 Å². The van der Waals surface area contributed by atoms with Crippen molar-refractivity contribution in [2.24, 2.45) is 0 Å². The Kier molecular flexibility index (Phi) is 4.93. The van der Waals surface area contributed by atoms with E-state index in [4.69, 9.17) is 4.42 Å². The van der Waals surface area contributed by atoms with Crippen molar-refractivity contribution < 1.29 is 8.81 Å². The third-order valence-corrected chi connectivity index (χ3v) is 3.31. The van der Waals surface area contributed by atoms with Crippen LogP contribution in [0, 0.1) is 12.7 Å². The average Bonchev–Trinajstić information content (AvgIpc) is 2.81. The van der Waals surface area contributed by atoms with E-state index in [1.54, 1.807) is 0 Å². The molecule has 0 aliphatic heterocycles. The van der Waals surface area contributed by atoms with Crippen molar-refractivity contribution in [1.29, 1.82) is 0 Å². The normalized spacial score (nSPS) is 12.8. The van der Waals surface area contributed by atoms with E-state index < -0.39 is 0 Å². The number of nitrogens with one attached hydrogen (secondary N) is 1. The lowest BCUT2D eigenvalue weighted by Gasteiger charge is -2.25.